The first kappa shape index (κ1) is 14.8. The van der Waals surface area contributed by atoms with Crippen LogP contribution in [0.15, 0.2) is 36.7 Å². The maximum absolute atomic E-state index is 10.7. The molecule has 0 spiro atoms. The Balaban J connectivity index is 0.00000180. The molecule has 0 amide bonds. The number of hydrogen-bond acceptors (Lipinski definition) is 6. The van der Waals surface area contributed by atoms with Gasteiger partial charge in [-0.1, -0.05) is 0 Å². The Morgan fingerprint density at radius 2 is 1.21 bits per heavy atom. The molecule has 0 N–H and O–H groups in total. The predicted molar refractivity (Wildman–Crippen MR) is 56.1 cm³/mol. The molecule has 2 heterocycles. The van der Waals surface area contributed by atoms with Gasteiger partial charge in [-0.3, -0.25) is 9.97 Å². The Kier molecular flexibility index (Phi) is 4.74. The summed E-state index contributed by atoms with van der Waals surface area (Å²) in [4.78, 5) is 29.2. The van der Waals surface area contributed by atoms with E-state index in [1.54, 1.807) is 0 Å². The van der Waals surface area contributed by atoms with Crippen LogP contribution in [0.4, 0.5) is 0 Å². The van der Waals surface area contributed by atoms with Gasteiger partial charge in [0.2, 0.25) is 0 Å². The van der Waals surface area contributed by atoms with E-state index in [0.717, 1.165) is 0 Å². The number of nitrogens with zero attached hydrogens (tertiary/aromatic N) is 2. The largest absolute Gasteiger partial charge is 2.00 e. The van der Waals surface area contributed by atoms with E-state index in [2.05, 4.69) is 9.97 Å². The van der Waals surface area contributed by atoms with Crippen LogP contribution in [0.3, 0.4) is 0 Å². The average molecular weight is 298 g/mol. The molecule has 2 rings (SSSR count). The summed E-state index contributed by atoms with van der Waals surface area (Å²) in [7, 11) is 0. The summed E-state index contributed by atoms with van der Waals surface area (Å²) >= 11 is 0. The molecule has 2 aromatic rings. The Hall–Kier alpha value is -2.24. The van der Waals surface area contributed by atoms with Crippen LogP contribution in [0.2, 0.25) is 0 Å². The van der Waals surface area contributed by atoms with E-state index in [9.17, 15) is 19.8 Å². The van der Waals surface area contributed by atoms with E-state index >= 15 is 0 Å². The van der Waals surface area contributed by atoms with Gasteiger partial charge in [-0.25, -0.2) is 0 Å². The topological polar surface area (TPSA) is 106 Å². The molecule has 0 atom stereocenters. The van der Waals surface area contributed by atoms with Gasteiger partial charge in [0, 0.05) is 23.5 Å². The average Bonchev–Trinajstić information content (AvgIpc) is 2.39. The number of aromatic nitrogens is 2. The SMILES string of the molecule is O=C([O-])c1ccnc(-c2cc(C(=O)[O-])ccn2)c1.[Fe+2]. The van der Waals surface area contributed by atoms with Gasteiger partial charge in [-0.2, -0.15) is 0 Å². The minimum atomic E-state index is -1.34. The fraction of sp³-hybridized carbons (Fsp3) is 0. The predicted octanol–water partition coefficient (Wildman–Crippen LogP) is -1.13. The normalized spacial score (nSPS) is 9.47. The third-order valence-electron chi connectivity index (χ3n) is 2.25. The summed E-state index contributed by atoms with van der Waals surface area (Å²) < 4.78 is 0. The van der Waals surface area contributed by atoms with Crippen LogP contribution in [0.1, 0.15) is 20.7 Å². The molecule has 0 fully saturated rings. The Morgan fingerprint density at radius 1 is 0.842 bits per heavy atom. The zero-order chi connectivity index (χ0) is 13.1. The summed E-state index contributed by atoms with van der Waals surface area (Å²) in [5.41, 5.74) is 0.390. The first-order chi connectivity index (χ1) is 8.58. The van der Waals surface area contributed by atoms with E-state index in [1.165, 1.54) is 36.7 Å². The molecule has 0 aliphatic heterocycles. The zero-order valence-electron chi connectivity index (χ0n) is 9.35. The van der Waals surface area contributed by atoms with Crippen molar-refractivity contribution in [3.05, 3.63) is 47.8 Å². The van der Waals surface area contributed by atoms with Crippen LogP contribution in [0.25, 0.3) is 11.4 Å². The fourth-order valence-electron chi connectivity index (χ4n) is 1.40. The maximum Gasteiger partial charge on any atom is 2.00 e. The zero-order valence-corrected chi connectivity index (χ0v) is 10.4. The Bertz CT molecular complexity index is 575. The smallest absolute Gasteiger partial charge is 0.545 e. The first-order valence-electron chi connectivity index (χ1n) is 4.93. The van der Waals surface area contributed by atoms with Crippen LogP contribution in [-0.4, -0.2) is 21.9 Å². The number of carbonyl (C=O) groups is 2. The minimum Gasteiger partial charge on any atom is -0.545 e. The van der Waals surface area contributed by atoms with Crippen molar-refractivity contribution < 1.29 is 36.9 Å². The fourth-order valence-corrected chi connectivity index (χ4v) is 1.40. The van der Waals surface area contributed by atoms with Crippen molar-refractivity contribution in [1.29, 1.82) is 0 Å². The van der Waals surface area contributed by atoms with Gasteiger partial charge in [0.25, 0.3) is 0 Å². The van der Waals surface area contributed by atoms with Gasteiger partial charge >= 0.3 is 17.1 Å². The summed E-state index contributed by atoms with van der Waals surface area (Å²) in [6.07, 6.45) is 2.57. The quantitative estimate of drug-likeness (QED) is 0.664. The van der Waals surface area contributed by atoms with E-state index in [0.29, 0.717) is 0 Å². The maximum atomic E-state index is 10.7. The molecule has 0 aliphatic carbocycles. The molecule has 96 valence electrons. The van der Waals surface area contributed by atoms with Gasteiger partial charge in [-0.05, 0) is 24.3 Å². The van der Waals surface area contributed by atoms with Crippen LogP contribution in [0.5, 0.6) is 0 Å². The molecule has 2 aromatic heterocycles. The first-order valence-corrected chi connectivity index (χ1v) is 4.93. The van der Waals surface area contributed by atoms with Gasteiger partial charge < -0.3 is 19.8 Å². The minimum absolute atomic E-state index is 0. The van der Waals surface area contributed by atoms with Crippen molar-refractivity contribution >= 4 is 11.9 Å². The number of carbonyl (C=O) groups excluding carboxylic acids is 2. The van der Waals surface area contributed by atoms with Crippen LogP contribution in [-0.2, 0) is 17.1 Å². The molecular formula is C12H6FeN2O4. The van der Waals surface area contributed by atoms with Gasteiger partial charge in [0.1, 0.15) is 0 Å². The number of carboxylic acids is 2. The molecule has 0 saturated carbocycles. The molecule has 0 radical (unpaired) electrons. The molecule has 0 bridgehead atoms. The molecule has 0 saturated heterocycles. The number of carboxylic acid groups (broad SMARTS) is 2. The second kappa shape index (κ2) is 6.08. The number of hydrogen-bond donors (Lipinski definition) is 0. The standard InChI is InChI=1S/C12H8N2O4.Fe/c15-11(16)7-1-3-13-9(5-7)10-6-8(12(17)18)2-4-14-10;/h1-6H,(H,15,16)(H,17,18);/q;+2/p-2. The Labute approximate surface area is 118 Å². The summed E-state index contributed by atoms with van der Waals surface area (Å²) in [5, 5.41) is 21.4. The second-order valence-electron chi connectivity index (χ2n) is 3.43. The molecule has 19 heavy (non-hydrogen) atoms. The molecule has 0 aliphatic rings. The number of rotatable bonds is 3. The number of aromatic carboxylic acids is 2. The molecule has 0 aromatic carbocycles. The van der Waals surface area contributed by atoms with E-state index in [4.69, 9.17) is 0 Å². The van der Waals surface area contributed by atoms with E-state index in [1.807, 2.05) is 0 Å². The summed E-state index contributed by atoms with van der Waals surface area (Å²) in [5.74, 6) is -2.68. The van der Waals surface area contributed by atoms with E-state index in [-0.39, 0.29) is 39.6 Å². The Morgan fingerprint density at radius 3 is 1.53 bits per heavy atom. The van der Waals surface area contributed by atoms with Crippen molar-refractivity contribution in [3.8, 4) is 11.4 Å². The van der Waals surface area contributed by atoms with Crippen molar-refractivity contribution in [2.45, 2.75) is 0 Å². The summed E-state index contributed by atoms with van der Waals surface area (Å²) in [6.45, 7) is 0. The van der Waals surface area contributed by atoms with Crippen LogP contribution >= 0.6 is 0 Å². The van der Waals surface area contributed by atoms with Gasteiger partial charge in [0.15, 0.2) is 0 Å². The van der Waals surface area contributed by atoms with Crippen molar-refractivity contribution in [2.75, 3.05) is 0 Å². The van der Waals surface area contributed by atoms with Gasteiger partial charge in [-0.15, -0.1) is 0 Å². The number of pyridine rings is 2. The van der Waals surface area contributed by atoms with Crippen molar-refractivity contribution in [1.82, 2.24) is 9.97 Å². The molecule has 0 unspecified atom stereocenters. The molecular weight excluding hydrogens is 292 g/mol. The monoisotopic (exact) mass is 298 g/mol. The second-order valence-corrected chi connectivity index (χ2v) is 3.43. The van der Waals surface area contributed by atoms with Crippen LogP contribution in [0, 0.1) is 0 Å². The molecule has 7 heteroatoms. The van der Waals surface area contributed by atoms with Crippen molar-refractivity contribution in [3.63, 3.8) is 0 Å². The third-order valence-corrected chi connectivity index (χ3v) is 2.25. The van der Waals surface area contributed by atoms with Crippen molar-refractivity contribution in [2.24, 2.45) is 0 Å². The molecule has 6 nitrogen and oxygen atoms in total. The van der Waals surface area contributed by atoms with Crippen LogP contribution < -0.4 is 10.2 Å². The third kappa shape index (κ3) is 3.37. The summed E-state index contributed by atoms with van der Waals surface area (Å²) in [6, 6.07) is 5.08. The van der Waals surface area contributed by atoms with E-state index < -0.39 is 11.9 Å². The van der Waals surface area contributed by atoms with Gasteiger partial charge in [0.05, 0.1) is 23.3 Å².